The Morgan fingerprint density at radius 3 is 2.13 bits per heavy atom. The molecule has 2 aromatic rings. The molecule has 1 aliphatic rings. The maximum absolute atomic E-state index is 12.2. The summed E-state index contributed by atoms with van der Waals surface area (Å²) in [6.45, 7) is 8.54. The average Bonchev–Trinajstić information content (AvgIpc) is 2.72. The number of benzene rings is 2. The van der Waals surface area contributed by atoms with E-state index in [1.165, 1.54) is 5.56 Å². The van der Waals surface area contributed by atoms with E-state index in [0.29, 0.717) is 6.54 Å². The number of anilines is 1. The molecular weight excluding hydrogens is 400 g/mol. The van der Waals surface area contributed by atoms with Crippen LogP contribution in [0, 0.1) is 13.8 Å². The smallest absolute Gasteiger partial charge is 0.243 e. The summed E-state index contributed by atoms with van der Waals surface area (Å²) >= 11 is 5.94. The van der Waals surface area contributed by atoms with E-state index in [2.05, 4.69) is 20.4 Å². The Hall–Kier alpha value is -2.41. The fourth-order valence-corrected chi connectivity index (χ4v) is 3.71. The highest BCUT2D eigenvalue weighted by molar-refractivity contribution is 6.30. The van der Waals surface area contributed by atoms with Gasteiger partial charge in [-0.2, -0.15) is 0 Å². The van der Waals surface area contributed by atoms with E-state index in [-0.39, 0.29) is 18.4 Å². The molecule has 0 bridgehead atoms. The molecule has 2 amide bonds. The van der Waals surface area contributed by atoms with Gasteiger partial charge in [-0.15, -0.1) is 0 Å². The van der Waals surface area contributed by atoms with Gasteiger partial charge in [-0.1, -0.05) is 41.9 Å². The maximum atomic E-state index is 12.2. The minimum Gasteiger partial charge on any atom is -0.346 e. The van der Waals surface area contributed by atoms with Gasteiger partial charge in [0.15, 0.2) is 0 Å². The Balaban J connectivity index is 1.36. The van der Waals surface area contributed by atoms with Gasteiger partial charge in [-0.25, -0.2) is 0 Å². The number of carbonyl (C=O) groups is 2. The van der Waals surface area contributed by atoms with Crippen molar-refractivity contribution in [3.8, 4) is 0 Å². The number of nitrogens with one attached hydrogen (secondary N) is 2. The van der Waals surface area contributed by atoms with Crippen LogP contribution in [0.1, 0.15) is 16.7 Å². The first kappa shape index (κ1) is 22.3. The number of rotatable bonds is 7. The molecule has 0 aliphatic carbocycles. The Morgan fingerprint density at radius 1 is 0.900 bits per heavy atom. The van der Waals surface area contributed by atoms with Crippen LogP contribution in [0.5, 0.6) is 0 Å². The predicted molar refractivity (Wildman–Crippen MR) is 121 cm³/mol. The van der Waals surface area contributed by atoms with Crippen LogP contribution in [0.2, 0.25) is 5.02 Å². The van der Waals surface area contributed by atoms with Gasteiger partial charge in [-0.3, -0.25) is 19.4 Å². The lowest BCUT2D eigenvalue weighted by atomic mass is 10.1. The molecule has 160 valence electrons. The van der Waals surface area contributed by atoms with Crippen molar-refractivity contribution in [1.82, 2.24) is 15.1 Å². The Labute approximate surface area is 183 Å². The minimum absolute atomic E-state index is 0.0247. The zero-order valence-electron chi connectivity index (χ0n) is 17.6. The highest BCUT2D eigenvalue weighted by atomic mass is 35.5. The van der Waals surface area contributed by atoms with Crippen molar-refractivity contribution in [2.45, 2.75) is 20.4 Å². The van der Waals surface area contributed by atoms with Gasteiger partial charge in [0.05, 0.1) is 13.1 Å². The number of aryl methyl sites for hydroxylation is 2. The van der Waals surface area contributed by atoms with Crippen molar-refractivity contribution >= 4 is 29.1 Å². The minimum atomic E-state index is -0.214. The van der Waals surface area contributed by atoms with Gasteiger partial charge in [0.2, 0.25) is 11.8 Å². The fraction of sp³-hybridized carbons (Fsp3) is 0.391. The zero-order valence-corrected chi connectivity index (χ0v) is 18.3. The lowest BCUT2D eigenvalue weighted by molar-refractivity contribution is -0.125. The number of nitrogens with zero attached hydrogens (tertiary/aromatic N) is 2. The number of halogens is 1. The molecule has 2 N–H and O–H groups in total. The number of carbonyl (C=O) groups excluding carboxylic acids is 2. The van der Waals surface area contributed by atoms with Crippen molar-refractivity contribution < 1.29 is 9.59 Å². The maximum Gasteiger partial charge on any atom is 0.243 e. The van der Waals surface area contributed by atoms with Crippen LogP contribution in [0.3, 0.4) is 0 Å². The van der Waals surface area contributed by atoms with E-state index < -0.39 is 0 Å². The highest BCUT2D eigenvalue weighted by Crippen LogP contribution is 2.19. The molecule has 7 heteroatoms. The molecule has 0 unspecified atom stereocenters. The summed E-state index contributed by atoms with van der Waals surface area (Å²) < 4.78 is 0. The Bertz CT molecular complexity index is 857. The number of piperazine rings is 1. The first-order valence-electron chi connectivity index (χ1n) is 10.2. The molecule has 0 radical (unpaired) electrons. The third-order valence-corrected chi connectivity index (χ3v) is 5.60. The normalized spacial score (nSPS) is 15.0. The first-order chi connectivity index (χ1) is 14.4. The Morgan fingerprint density at radius 2 is 1.50 bits per heavy atom. The van der Waals surface area contributed by atoms with Crippen molar-refractivity contribution in [1.29, 1.82) is 0 Å². The van der Waals surface area contributed by atoms with Crippen LogP contribution in [0.25, 0.3) is 0 Å². The molecule has 3 rings (SSSR count). The summed E-state index contributed by atoms with van der Waals surface area (Å²) in [5.74, 6) is -0.341. The van der Waals surface area contributed by atoms with E-state index in [4.69, 9.17) is 11.6 Å². The molecular formula is C23H29ClN4O2. The van der Waals surface area contributed by atoms with Crippen LogP contribution in [-0.4, -0.2) is 60.9 Å². The molecule has 1 heterocycles. The van der Waals surface area contributed by atoms with E-state index in [0.717, 1.165) is 54.6 Å². The summed E-state index contributed by atoms with van der Waals surface area (Å²) in [5.41, 5.74) is 4.06. The van der Waals surface area contributed by atoms with Crippen molar-refractivity contribution in [3.05, 3.63) is 64.2 Å². The predicted octanol–water partition coefficient (Wildman–Crippen LogP) is 2.83. The van der Waals surface area contributed by atoms with E-state index >= 15 is 0 Å². The first-order valence-corrected chi connectivity index (χ1v) is 10.6. The quantitative estimate of drug-likeness (QED) is 0.711. The highest BCUT2D eigenvalue weighted by Gasteiger charge is 2.19. The number of amides is 2. The summed E-state index contributed by atoms with van der Waals surface area (Å²) in [6, 6.07) is 13.8. The topological polar surface area (TPSA) is 64.7 Å². The lowest BCUT2D eigenvalue weighted by Gasteiger charge is -2.34. The van der Waals surface area contributed by atoms with Crippen LogP contribution >= 0.6 is 11.6 Å². The summed E-state index contributed by atoms with van der Waals surface area (Å²) in [4.78, 5) is 28.9. The molecule has 0 atom stereocenters. The summed E-state index contributed by atoms with van der Waals surface area (Å²) in [7, 11) is 0. The SMILES string of the molecule is Cc1cccc(C)c1NC(=O)CNC(=O)CN1CCN(Cc2ccc(Cl)cc2)CC1. The lowest BCUT2D eigenvalue weighted by Crippen LogP contribution is -2.49. The van der Waals surface area contributed by atoms with Gasteiger partial charge in [-0.05, 0) is 42.7 Å². The van der Waals surface area contributed by atoms with Gasteiger partial charge in [0.1, 0.15) is 0 Å². The standard InChI is InChI=1S/C23H29ClN4O2/c1-17-4-3-5-18(2)23(17)26-21(29)14-25-22(30)16-28-12-10-27(11-13-28)15-19-6-8-20(24)9-7-19/h3-9H,10-16H2,1-2H3,(H,25,30)(H,26,29). The van der Waals surface area contributed by atoms with E-state index in [1.807, 2.05) is 56.3 Å². The zero-order chi connectivity index (χ0) is 21.5. The number of hydrogen-bond donors (Lipinski definition) is 2. The van der Waals surface area contributed by atoms with Crippen molar-refractivity contribution in [3.63, 3.8) is 0 Å². The molecule has 1 saturated heterocycles. The van der Waals surface area contributed by atoms with Crippen molar-refractivity contribution in [2.75, 3.05) is 44.6 Å². The third kappa shape index (κ3) is 6.55. The van der Waals surface area contributed by atoms with Gasteiger partial charge in [0, 0.05) is 43.4 Å². The van der Waals surface area contributed by atoms with Gasteiger partial charge in [0.25, 0.3) is 0 Å². The van der Waals surface area contributed by atoms with Gasteiger partial charge < -0.3 is 10.6 Å². The van der Waals surface area contributed by atoms with Crippen LogP contribution in [-0.2, 0) is 16.1 Å². The van der Waals surface area contributed by atoms with Gasteiger partial charge >= 0.3 is 0 Å². The van der Waals surface area contributed by atoms with E-state index in [9.17, 15) is 9.59 Å². The van der Waals surface area contributed by atoms with Crippen molar-refractivity contribution in [2.24, 2.45) is 0 Å². The average molecular weight is 429 g/mol. The summed E-state index contributed by atoms with van der Waals surface area (Å²) in [6.07, 6.45) is 0. The molecule has 0 spiro atoms. The Kier molecular flexibility index (Phi) is 7.85. The number of para-hydroxylation sites is 1. The monoisotopic (exact) mass is 428 g/mol. The third-order valence-electron chi connectivity index (χ3n) is 5.34. The fourth-order valence-electron chi connectivity index (χ4n) is 3.59. The van der Waals surface area contributed by atoms with Crippen LogP contribution in [0.15, 0.2) is 42.5 Å². The molecule has 0 saturated carbocycles. The second-order valence-electron chi connectivity index (χ2n) is 7.77. The van der Waals surface area contributed by atoms with Crippen LogP contribution in [0.4, 0.5) is 5.69 Å². The largest absolute Gasteiger partial charge is 0.346 e. The molecule has 0 aromatic heterocycles. The second kappa shape index (κ2) is 10.6. The summed E-state index contributed by atoms with van der Waals surface area (Å²) in [5, 5.41) is 6.36. The van der Waals surface area contributed by atoms with E-state index in [1.54, 1.807) is 0 Å². The molecule has 6 nitrogen and oxygen atoms in total. The number of hydrogen-bond acceptors (Lipinski definition) is 4. The molecule has 1 aliphatic heterocycles. The second-order valence-corrected chi connectivity index (χ2v) is 8.21. The molecule has 2 aromatic carbocycles. The van der Waals surface area contributed by atoms with Crippen LogP contribution < -0.4 is 10.6 Å². The molecule has 30 heavy (non-hydrogen) atoms. The molecule has 1 fully saturated rings.